The lowest BCUT2D eigenvalue weighted by molar-refractivity contribution is 0.293. The van der Waals surface area contributed by atoms with Crippen molar-refractivity contribution >= 4 is 10.0 Å². The zero-order valence-electron chi connectivity index (χ0n) is 10.9. The maximum atomic E-state index is 13.2. The number of sulfonamides is 1. The second-order valence-corrected chi connectivity index (χ2v) is 6.87. The lowest BCUT2D eigenvalue weighted by Gasteiger charge is -2.31. The molecule has 0 spiro atoms. The van der Waals surface area contributed by atoms with E-state index in [1.54, 1.807) is 0 Å². The minimum Gasteiger partial charge on any atom is -0.207 e. The maximum Gasteiger partial charge on any atom is 0.244 e. The summed E-state index contributed by atoms with van der Waals surface area (Å²) in [6.07, 6.45) is 2.43. The Labute approximate surface area is 116 Å². The van der Waals surface area contributed by atoms with Gasteiger partial charge in [0.25, 0.3) is 0 Å². The van der Waals surface area contributed by atoms with Gasteiger partial charge in [0.05, 0.1) is 11.0 Å². The Hall–Kier alpha value is -1.52. The van der Waals surface area contributed by atoms with Crippen LogP contribution in [0.15, 0.2) is 23.1 Å². The Morgan fingerprint density at radius 2 is 1.85 bits per heavy atom. The third-order valence-electron chi connectivity index (χ3n) is 3.79. The van der Waals surface area contributed by atoms with Crippen LogP contribution in [-0.4, -0.2) is 25.3 Å². The molecule has 1 aliphatic carbocycles. The van der Waals surface area contributed by atoms with Crippen LogP contribution >= 0.6 is 0 Å². The first-order valence-corrected chi connectivity index (χ1v) is 7.63. The molecule has 2 rings (SSSR count). The van der Waals surface area contributed by atoms with Gasteiger partial charge in [0.1, 0.15) is 5.54 Å². The van der Waals surface area contributed by atoms with Gasteiger partial charge in [-0.25, -0.2) is 17.2 Å². The van der Waals surface area contributed by atoms with Crippen molar-refractivity contribution in [3.63, 3.8) is 0 Å². The molecule has 0 aliphatic heterocycles. The van der Waals surface area contributed by atoms with Crippen molar-refractivity contribution < 1.29 is 17.2 Å². The number of nitrogens with zero attached hydrogens (tertiary/aromatic N) is 2. The summed E-state index contributed by atoms with van der Waals surface area (Å²) in [5, 5.41) is 9.31. The minimum absolute atomic E-state index is 0.347. The number of nitriles is 1. The molecule has 1 aliphatic rings. The van der Waals surface area contributed by atoms with Gasteiger partial charge in [-0.05, 0) is 31.0 Å². The Bertz CT molecular complexity index is 661. The van der Waals surface area contributed by atoms with Crippen molar-refractivity contribution in [2.75, 3.05) is 7.05 Å². The molecule has 20 heavy (non-hydrogen) atoms. The monoisotopic (exact) mass is 300 g/mol. The van der Waals surface area contributed by atoms with Gasteiger partial charge in [-0.2, -0.15) is 9.57 Å². The zero-order chi connectivity index (χ0) is 15.0. The largest absolute Gasteiger partial charge is 0.244 e. The summed E-state index contributed by atoms with van der Waals surface area (Å²) in [4.78, 5) is -0.347. The first-order chi connectivity index (χ1) is 9.33. The average molecular weight is 300 g/mol. The summed E-state index contributed by atoms with van der Waals surface area (Å²) in [6.45, 7) is 0. The highest BCUT2D eigenvalue weighted by Crippen LogP contribution is 2.37. The topological polar surface area (TPSA) is 61.2 Å². The van der Waals surface area contributed by atoms with E-state index in [0.717, 1.165) is 29.3 Å². The number of hydrogen-bond acceptors (Lipinski definition) is 3. The van der Waals surface area contributed by atoms with Gasteiger partial charge >= 0.3 is 0 Å². The van der Waals surface area contributed by atoms with Crippen molar-refractivity contribution in [3.8, 4) is 6.07 Å². The van der Waals surface area contributed by atoms with E-state index in [2.05, 4.69) is 6.07 Å². The molecule has 0 radical (unpaired) electrons. The molecule has 1 fully saturated rings. The van der Waals surface area contributed by atoms with Gasteiger partial charge in [0, 0.05) is 7.05 Å². The molecule has 0 amide bonds. The van der Waals surface area contributed by atoms with Crippen LogP contribution in [0, 0.1) is 23.0 Å². The molecule has 108 valence electrons. The van der Waals surface area contributed by atoms with E-state index < -0.39 is 27.2 Å². The summed E-state index contributed by atoms with van der Waals surface area (Å²) in [6, 6.07) is 4.47. The SMILES string of the molecule is CN(C1(C#N)CCCC1)S(=O)(=O)c1ccc(F)c(F)c1. The highest BCUT2D eigenvalue weighted by Gasteiger charge is 2.44. The van der Waals surface area contributed by atoms with Crippen LogP contribution in [0.5, 0.6) is 0 Å². The fraction of sp³-hybridized carbons (Fsp3) is 0.462. The van der Waals surface area contributed by atoms with Gasteiger partial charge in [-0.1, -0.05) is 12.8 Å². The highest BCUT2D eigenvalue weighted by atomic mass is 32.2. The van der Waals surface area contributed by atoms with Crippen LogP contribution in [0.1, 0.15) is 25.7 Å². The third-order valence-corrected chi connectivity index (χ3v) is 5.71. The van der Waals surface area contributed by atoms with Crippen molar-refractivity contribution in [2.24, 2.45) is 0 Å². The Balaban J connectivity index is 2.44. The van der Waals surface area contributed by atoms with Crippen molar-refractivity contribution in [3.05, 3.63) is 29.8 Å². The fourth-order valence-electron chi connectivity index (χ4n) is 2.48. The summed E-state index contributed by atoms with van der Waals surface area (Å²) in [5.41, 5.74) is -1.09. The van der Waals surface area contributed by atoms with Crippen molar-refractivity contribution in [1.82, 2.24) is 4.31 Å². The molecule has 0 heterocycles. The maximum absolute atomic E-state index is 13.2. The first-order valence-electron chi connectivity index (χ1n) is 6.19. The first kappa shape index (κ1) is 14.9. The molecule has 0 N–H and O–H groups in total. The molecule has 1 aromatic carbocycles. The van der Waals surface area contributed by atoms with E-state index in [9.17, 15) is 22.5 Å². The second kappa shape index (κ2) is 5.11. The van der Waals surface area contributed by atoms with Crippen molar-refractivity contribution in [1.29, 1.82) is 5.26 Å². The molecule has 0 aromatic heterocycles. The number of benzene rings is 1. The quantitative estimate of drug-likeness (QED) is 0.861. The minimum atomic E-state index is -4.03. The van der Waals surface area contributed by atoms with Crippen LogP contribution in [0.25, 0.3) is 0 Å². The molecule has 4 nitrogen and oxygen atoms in total. The number of rotatable bonds is 3. The van der Waals surface area contributed by atoms with Gasteiger partial charge in [0.15, 0.2) is 11.6 Å². The van der Waals surface area contributed by atoms with Gasteiger partial charge in [0.2, 0.25) is 10.0 Å². The molecular weight excluding hydrogens is 286 g/mol. The normalized spacial score (nSPS) is 18.1. The van der Waals surface area contributed by atoms with Crippen LogP contribution in [0.2, 0.25) is 0 Å². The lowest BCUT2D eigenvalue weighted by Crippen LogP contribution is -2.46. The van der Waals surface area contributed by atoms with E-state index in [0.29, 0.717) is 18.9 Å². The Morgan fingerprint density at radius 1 is 1.25 bits per heavy atom. The molecule has 0 atom stereocenters. The molecule has 1 aromatic rings. The molecule has 0 unspecified atom stereocenters. The fourth-order valence-corrected chi connectivity index (χ4v) is 3.97. The van der Waals surface area contributed by atoms with E-state index in [1.807, 2.05) is 0 Å². The molecule has 1 saturated carbocycles. The van der Waals surface area contributed by atoms with Crippen LogP contribution < -0.4 is 0 Å². The van der Waals surface area contributed by atoms with Crippen LogP contribution in [0.4, 0.5) is 8.78 Å². The molecule has 0 bridgehead atoms. The van der Waals surface area contributed by atoms with E-state index in [-0.39, 0.29) is 4.90 Å². The highest BCUT2D eigenvalue weighted by molar-refractivity contribution is 7.89. The summed E-state index contributed by atoms with van der Waals surface area (Å²) in [7, 11) is -2.72. The predicted octanol–water partition coefficient (Wildman–Crippen LogP) is 2.42. The van der Waals surface area contributed by atoms with E-state index >= 15 is 0 Å². The second-order valence-electron chi connectivity index (χ2n) is 4.90. The van der Waals surface area contributed by atoms with Gasteiger partial charge in [-0.15, -0.1) is 0 Å². The van der Waals surface area contributed by atoms with Crippen LogP contribution in [0.3, 0.4) is 0 Å². The van der Waals surface area contributed by atoms with Gasteiger partial charge in [-0.3, -0.25) is 0 Å². The third kappa shape index (κ3) is 2.30. The number of halogens is 2. The summed E-state index contributed by atoms with van der Waals surface area (Å²) >= 11 is 0. The average Bonchev–Trinajstić information content (AvgIpc) is 2.90. The lowest BCUT2D eigenvalue weighted by atomic mass is 10.0. The smallest absolute Gasteiger partial charge is 0.207 e. The molecule has 7 heteroatoms. The Kier molecular flexibility index (Phi) is 3.80. The zero-order valence-corrected chi connectivity index (χ0v) is 11.8. The van der Waals surface area contributed by atoms with Crippen molar-refractivity contribution in [2.45, 2.75) is 36.1 Å². The number of hydrogen-bond donors (Lipinski definition) is 0. The van der Waals surface area contributed by atoms with Crippen LogP contribution in [-0.2, 0) is 10.0 Å². The van der Waals surface area contributed by atoms with E-state index in [4.69, 9.17) is 0 Å². The summed E-state index contributed by atoms with van der Waals surface area (Å²) in [5.74, 6) is -2.33. The molecule has 0 saturated heterocycles. The predicted molar refractivity (Wildman–Crippen MR) is 68.1 cm³/mol. The van der Waals surface area contributed by atoms with E-state index in [1.165, 1.54) is 7.05 Å². The molecular formula is C13H14F2N2O2S. The van der Waals surface area contributed by atoms with Gasteiger partial charge < -0.3 is 0 Å². The Morgan fingerprint density at radius 3 is 2.35 bits per heavy atom. The standard InChI is InChI=1S/C13H14F2N2O2S/c1-17(13(9-16)6-2-3-7-13)20(18,19)10-4-5-11(14)12(15)8-10/h4-5,8H,2-3,6-7H2,1H3. The summed E-state index contributed by atoms with van der Waals surface area (Å²) < 4.78 is 51.9.